The molecular weight excluding hydrogens is 386 g/mol. The molecule has 30 heavy (non-hydrogen) atoms. The van der Waals surface area contributed by atoms with Crippen molar-refractivity contribution < 1.29 is 14.6 Å². The van der Waals surface area contributed by atoms with Crippen LogP contribution in [-0.2, 0) is 13.0 Å². The summed E-state index contributed by atoms with van der Waals surface area (Å²) >= 11 is 0. The SMILES string of the molecule is CCCCOc1nc(N)c2[nH]c(=O)n(Cc3ccc(CC(C)C)cc3C(=O)O)c2n1. The lowest BCUT2D eigenvalue weighted by molar-refractivity contribution is 0.0695. The third-order valence-electron chi connectivity index (χ3n) is 4.74. The van der Waals surface area contributed by atoms with Crippen molar-refractivity contribution in [1.29, 1.82) is 0 Å². The van der Waals surface area contributed by atoms with E-state index in [0.717, 1.165) is 24.8 Å². The van der Waals surface area contributed by atoms with Crippen molar-refractivity contribution >= 4 is 23.0 Å². The quantitative estimate of drug-likeness (QED) is 0.459. The van der Waals surface area contributed by atoms with Gasteiger partial charge in [-0.05, 0) is 36.0 Å². The van der Waals surface area contributed by atoms with Gasteiger partial charge in [0, 0.05) is 0 Å². The molecule has 0 saturated heterocycles. The number of hydrogen-bond donors (Lipinski definition) is 3. The molecule has 0 aliphatic rings. The number of carboxylic acids is 1. The lowest BCUT2D eigenvalue weighted by Gasteiger charge is -2.11. The average molecular weight is 413 g/mol. The topological polar surface area (TPSA) is 136 Å². The predicted molar refractivity (Wildman–Crippen MR) is 114 cm³/mol. The van der Waals surface area contributed by atoms with Crippen LogP contribution in [0.25, 0.3) is 11.2 Å². The van der Waals surface area contributed by atoms with E-state index in [2.05, 4.69) is 28.8 Å². The van der Waals surface area contributed by atoms with Gasteiger partial charge in [0.15, 0.2) is 11.5 Å². The smallest absolute Gasteiger partial charge is 0.336 e. The van der Waals surface area contributed by atoms with Crippen LogP contribution in [0.5, 0.6) is 6.01 Å². The Balaban J connectivity index is 2.01. The summed E-state index contributed by atoms with van der Waals surface area (Å²) in [5, 5.41) is 9.68. The minimum absolute atomic E-state index is 0.0350. The van der Waals surface area contributed by atoms with Gasteiger partial charge in [0.1, 0.15) is 5.52 Å². The number of benzene rings is 1. The number of anilines is 1. The molecule has 0 fully saturated rings. The van der Waals surface area contributed by atoms with Crippen molar-refractivity contribution in [3.05, 3.63) is 45.4 Å². The fraction of sp³-hybridized carbons (Fsp3) is 0.429. The molecule has 2 heterocycles. The number of unbranched alkanes of at least 4 members (excludes halogenated alkanes) is 1. The standard InChI is InChI=1S/C21H27N5O4/c1-4-5-8-30-20-24-17(22)16-18(25-20)26(21(29)23-16)11-14-7-6-13(9-12(2)3)10-15(14)19(27)28/h6-7,10,12H,4-5,8-9,11H2,1-3H3,(H,23,29)(H,27,28)(H2,22,24,25). The van der Waals surface area contributed by atoms with E-state index in [4.69, 9.17) is 10.5 Å². The van der Waals surface area contributed by atoms with Crippen molar-refractivity contribution in [1.82, 2.24) is 19.5 Å². The number of hydrogen-bond acceptors (Lipinski definition) is 6. The largest absolute Gasteiger partial charge is 0.478 e. The first-order chi connectivity index (χ1) is 14.3. The molecule has 2 aromatic heterocycles. The average Bonchev–Trinajstić information content (AvgIpc) is 2.99. The van der Waals surface area contributed by atoms with Gasteiger partial charge >= 0.3 is 17.7 Å². The zero-order valence-electron chi connectivity index (χ0n) is 17.4. The zero-order chi connectivity index (χ0) is 21.8. The number of imidazole rings is 1. The summed E-state index contributed by atoms with van der Waals surface area (Å²) in [6.07, 6.45) is 2.57. The Morgan fingerprint density at radius 2 is 2.10 bits per heavy atom. The molecule has 4 N–H and O–H groups in total. The number of nitrogens with two attached hydrogens (primary N) is 1. The highest BCUT2D eigenvalue weighted by Crippen LogP contribution is 2.21. The van der Waals surface area contributed by atoms with Crippen molar-refractivity contribution in [2.24, 2.45) is 5.92 Å². The van der Waals surface area contributed by atoms with E-state index in [0.29, 0.717) is 23.6 Å². The van der Waals surface area contributed by atoms with Crippen LogP contribution in [-0.4, -0.2) is 37.2 Å². The summed E-state index contributed by atoms with van der Waals surface area (Å²) in [7, 11) is 0. The number of nitrogens with one attached hydrogen (secondary N) is 1. The van der Waals surface area contributed by atoms with Gasteiger partial charge in [0.2, 0.25) is 0 Å². The van der Waals surface area contributed by atoms with Crippen LogP contribution in [0.1, 0.15) is 55.1 Å². The minimum Gasteiger partial charge on any atom is -0.478 e. The molecule has 3 aromatic rings. The Morgan fingerprint density at radius 3 is 2.77 bits per heavy atom. The van der Waals surface area contributed by atoms with E-state index < -0.39 is 11.7 Å². The highest BCUT2D eigenvalue weighted by Gasteiger charge is 2.18. The second-order valence-corrected chi connectivity index (χ2v) is 7.70. The minimum atomic E-state index is -1.04. The summed E-state index contributed by atoms with van der Waals surface area (Å²) in [5.41, 5.74) is 7.72. The van der Waals surface area contributed by atoms with Crippen LogP contribution in [0.3, 0.4) is 0 Å². The van der Waals surface area contributed by atoms with Crippen LogP contribution in [0.4, 0.5) is 5.82 Å². The second-order valence-electron chi connectivity index (χ2n) is 7.70. The maximum atomic E-state index is 12.6. The number of rotatable bonds is 9. The fourth-order valence-electron chi connectivity index (χ4n) is 3.28. The number of fused-ring (bicyclic) bond motifs is 1. The molecule has 0 amide bonds. The number of ether oxygens (including phenoxy) is 1. The van der Waals surface area contributed by atoms with Gasteiger partial charge in [0.05, 0.1) is 18.7 Å². The lowest BCUT2D eigenvalue weighted by Crippen LogP contribution is -2.19. The number of carboxylic acid groups (broad SMARTS) is 1. The maximum absolute atomic E-state index is 12.6. The molecule has 160 valence electrons. The highest BCUT2D eigenvalue weighted by molar-refractivity contribution is 5.90. The lowest BCUT2D eigenvalue weighted by atomic mass is 9.98. The molecule has 0 unspecified atom stereocenters. The predicted octanol–water partition coefficient (Wildman–Crippen LogP) is 2.83. The number of aromatic nitrogens is 4. The number of aromatic carboxylic acids is 1. The zero-order valence-corrected chi connectivity index (χ0v) is 17.4. The Labute approximate surface area is 173 Å². The third kappa shape index (κ3) is 4.61. The van der Waals surface area contributed by atoms with Crippen LogP contribution in [0.2, 0.25) is 0 Å². The molecule has 1 aromatic carbocycles. The summed E-state index contributed by atoms with van der Waals surface area (Å²) in [4.78, 5) is 35.5. The molecule has 0 atom stereocenters. The van der Waals surface area contributed by atoms with Crippen molar-refractivity contribution in [2.45, 2.75) is 46.6 Å². The van der Waals surface area contributed by atoms with E-state index in [1.807, 2.05) is 13.0 Å². The summed E-state index contributed by atoms with van der Waals surface area (Å²) in [5.74, 6) is -0.533. The van der Waals surface area contributed by atoms with Crippen LogP contribution >= 0.6 is 0 Å². The first kappa shape index (κ1) is 21.4. The summed E-state index contributed by atoms with van der Waals surface area (Å²) < 4.78 is 6.89. The Kier molecular flexibility index (Phi) is 6.39. The van der Waals surface area contributed by atoms with Crippen molar-refractivity contribution in [3.8, 4) is 6.01 Å². The summed E-state index contributed by atoms with van der Waals surface area (Å²) in [6.45, 7) is 6.66. The van der Waals surface area contributed by atoms with Crippen LogP contribution < -0.4 is 16.2 Å². The van der Waals surface area contributed by atoms with Gasteiger partial charge in [-0.15, -0.1) is 0 Å². The number of nitrogen functional groups attached to an aromatic ring is 1. The molecule has 9 heteroatoms. The van der Waals surface area contributed by atoms with E-state index >= 15 is 0 Å². The normalized spacial score (nSPS) is 11.3. The number of aromatic amines is 1. The Morgan fingerprint density at radius 1 is 1.33 bits per heavy atom. The van der Waals surface area contributed by atoms with E-state index in [9.17, 15) is 14.7 Å². The maximum Gasteiger partial charge on any atom is 0.336 e. The molecule has 0 aliphatic heterocycles. The van der Waals surface area contributed by atoms with Crippen molar-refractivity contribution in [2.75, 3.05) is 12.3 Å². The molecule has 0 spiro atoms. The van der Waals surface area contributed by atoms with Gasteiger partial charge in [0.25, 0.3) is 0 Å². The van der Waals surface area contributed by atoms with E-state index in [1.54, 1.807) is 12.1 Å². The molecule has 0 aliphatic carbocycles. The Hall–Kier alpha value is -3.36. The van der Waals surface area contributed by atoms with Gasteiger partial charge in [-0.2, -0.15) is 9.97 Å². The highest BCUT2D eigenvalue weighted by atomic mass is 16.5. The van der Waals surface area contributed by atoms with Gasteiger partial charge in [-0.25, -0.2) is 9.59 Å². The van der Waals surface area contributed by atoms with Crippen molar-refractivity contribution in [3.63, 3.8) is 0 Å². The second kappa shape index (κ2) is 8.98. The van der Waals surface area contributed by atoms with Gasteiger partial charge in [-0.3, -0.25) is 4.57 Å². The molecule has 0 saturated carbocycles. The molecular formula is C21H27N5O4. The monoisotopic (exact) mass is 413 g/mol. The van der Waals surface area contributed by atoms with Gasteiger partial charge in [-0.1, -0.05) is 39.3 Å². The molecule has 0 radical (unpaired) electrons. The van der Waals surface area contributed by atoms with Crippen LogP contribution in [0.15, 0.2) is 23.0 Å². The Bertz CT molecular complexity index is 1120. The number of nitrogens with zero attached hydrogens (tertiary/aromatic N) is 3. The number of carbonyl (C=O) groups is 1. The van der Waals surface area contributed by atoms with E-state index in [1.165, 1.54) is 4.57 Å². The van der Waals surface area contributed by atoms with Gasteiger partial charge < -0.3 is 20.6 Å². The molecule has 0 bridgehead atoms. The van der Waals surface area contributed by atoms with E-state index in [-0.39, 0.29) is 29.6 Å². The first-order valence-corrected chi connectivity index (χ1v) is 10.0. The molecule has 9 nitrogen and oxygen atoms in total. The number of H-pyrrole nitrogens is 1. The fourth-order valence-corrected chi connectivity index (χ4v) is 3.28. The third-order valence-corrected chi connectivity index (χ3v) is 4.74. The summed E-state index contributed by atoms with van der Waals surface area (Å²) in [6, 6.07) is 5.40. The first-order valence-electron chi connectivity index (χ1n) is 10.0. The molecule has 3 rings (SSSR count). The van der Waals surface area contributed by atoms with Crippen LogP contribution in [0, 0.1) is 5.92 Å².